The summed E-state index contributed by atoms with van der Waals surface area (Å²) < 4.78 is 5.50. The van der Waals surface area contributed by atoms with Crippen LogP contribution in [0.15, 0.2) is 24.3 Å². The van der Waals surface area contributed by atoms with Crippen molar-refractivity contribution in [2.75, 3.05) is 32.8 Å². The number of carbonyl (C=O) groups is 2. The molecule has 1 saturated heterocycles. The minimum absolute atomic E-state index is 0.0742. The lowest BCUT2D eigenvalue weighted by Gasteiger charge is -2.30. The Morgan fingerprint density at radius 2 is 2.09 bits per heavy atom. The average molecular weight is 340 g/mol. The SMILES string of the molecule is NC(=O)[C@H]1CCCN(CC(=O)NCCOc2ccc(Cl)cc2)C1. The van der Waals surface area contributed by atoms with Gasteiger partial charge in [0.1, 0.15) is 12.4 Å². The first-order valence-electron chi connectivity index (χ1n) is 7.71. The molecule has 0 spiro atoms. The molecule has 6 nitrogen and oxygen atoms in total. The van der Waals surface area contributed by atoms with Gasteiger partial charge in [0.05, 0.1) is 19.0 Å². The van der Waals surface area contributed by atoms with Crippen LogP contribution in [0, 0.1) is 5.92 Å². The summed E-state index contributed by atoms with van der Waals surface area (Å²) in [6.07, 6.45) is 1.70. The molecule has 0 aromatic heterocycles. The molecule has 1 aliphatic heterocycles. The zero-order valence-corrected chi connectivity index (χ0v) is 13.7. The topological polar surface area (TPSA) is 84.7 Å². The number of rotatable bonds is 7. The normalized spacial score (nSPS) is 18.4. The molecule has 0 bridgehead atoms. The summed E-state index contributed by atoms with van der Waals surface area (Å²) in [5.74, 6) is 0.204. The maximum atomic E-state index is 11.9. The molecule has 7 heteroatoms. The van der Waals surface area contributed by atoms with E-state index in [0.717, 1.165) is 19.4 Å². The second-order valence-corrected chi connectivity index (χ2v) is 6.07. The van der Waals surface area contributed by atoms with Crippen LogP contribution in [-0.4, -0.2) is 49.5 Å². The van der Waals surface area contributed by atoms with Crippen molar-refractivity contribution in [1.29, 1.82) is 0 Å². The van der Waals surface area contributed by atoms with Gasteiger partial charge in [-0.1, -0.05) is 11.6 Å². The van der Waals surface area contributed by atoms with Crippen LogP contribution in [0.2, 0.25) is 5.02 Å². The van der Waals surface area contributed by atoms with E-state index >= 15 is 0 Å². The second kappa shape index (κ2) is 8.74. The molecule has 1 fully saturated rings. The maximum absolute atomic E-state index is 11.9. The first-order chi connectivity index (χ1) is 11.0. The molecular formula is C16H22ClN3O3. The van der Waals surface area contributed by atoms with E-state index in [4.69, 9.17) is 22.1 Å². The number of carbonyl (C=O) groups excluding carboxylic acids is 2. The zero-order chi connectivity index (χ0) is 16.7. The van der Waals surface area contributed by atoms with Crippen molar-refractivity contribution < 1.29 is 14.3 Å². The molecule has 1 aromatic carbocycles. The Morgan fingerprint density at radius 1 is 1.35 bits per heavy atom. The van der Waals surface area contributed by atoms with E-state index in [0.29, 0.717) is 30.5 Å². The van der Waals surface area contributed by atoms with Crippen molar-refractivity contribution in [1.82, 2.24) is 10.2 Å². The molecule has 0 saturated carbocycles. The molecule has 2 rings (SSSR count). The molecule has 0 unspecified atom stereocenters. The lowest BCUT2D eigenvalue weighted by Crippen LogP contribution is -2.46. The lowest BCUT2D eigenvalue weighted by molar-refractivity contribution is -0.126. The molecule has 3 N–H and O–H groups in total. The van der Waals surface area contributed by atoms with Gasteiger partial charge in [-0.2, -0.15) is 0 Å². The molecule has 1 aliphatic rings. The van der Waals surface area contributed by atoms with E-state index in [1.807, 2.05) is 4.90 Å². The fourth-order valence-corrected chi connectivity index (χ4v) is 2.71. The van der Waals surface area contributed by atoms with Gasteiger partial charge in [-0.3, -0.25) is 14.5 Å². The van der Waals surface area contributed by atoms with Crippen molar-refractivity contribution in [2.45, 2.75) is 12.8 Å². The highest BCUT2D eigenvalue weighted by atomic mass is 35.5. The van der Waals surface area contributed by atoms with E-state index in [2.05, 4.69) is 5.32 Å². The Hall–Kier alpha value is -1.79. The molecule has 0 radical (unpaired) electrons. The monoisotopic (exact) mass is 339 g/mol. The van der Waals surface area contributed by atoms with E-state index in [1.54, 1.807) is 24.3 Å². The lowest BCUT2D eigenvalue weighted by atomic mass is 9.97. The molecule has 126 valence electrons. The summed E-state index contributed by atoms with van der Waals surface area (Å²) in [4.78, 5) is 25.1. The van der Waals surface area contributed by atoms with E-state index < -0.39 is 0 Å². The van der Waals surface area contributed by atoms with Gasteiger partial charge in [0.25, 0.3) is 0 Å². The second-order valence-electron chi connectivity index (χ2n) is 5.63. The predicted octanol–water partition coefficient (Wildman–Crippen LogP) is 1.03. The minimum atomic E-state index is -0.286. The summed E-state index contributed by atoms with van der Waals surface area (Å²) in [6.45, 7) is 2.47. The highest BCUT2D eigenvalue weighted by Crippen LogP contribution is 2.16. The van der Waals surface area contributed by atoms with Crippen molar-refractivity contribution in [2.24, 2.45) is 11.7 Å². The number of amides is 2. The summed E-state index contributed by atoms with van der Waals surface area (Å²) in [7, 11) is 0. The van der Waals surface area contributed by atoms with Crippen molar-refractivity contribution >= 4 is 23.4 Å². The molecular weight excluding hydrogens is 318 g/mol. The van der Waals surface area contributed by atoms with E-state index in [-0.39, 0.29) is 24.3 Å². The Labute approximate surface area is 140 Å². The third kappa shape index (κ3) is 6.08. The molecule has 1 aromatic rings. The predicted molar refractivity (Wildman–Crippen MR) is 88.3 cm³/mol. The van der Waals surface area contributed by atoms with E-state index in [9.17, 15) is 9.59 Å². The number of halogens is 1. The van der Waals surface area contributed by atoms with Crippen LogP contribution in [0.3, 0.4) is 0 Å². The van der Waals surface area contributed by atoms with Gasteiger partial charge in [0.2, 0.25) is 11.8 Å². The van der Waals surface area contributed by atoms with Crippen LogP contribution in [0.5, 0.6) is 5.75 Å². The number of nitrogens with one attached hydrogen (secondary N) is 1. The Balaban J connectivity index is 1.63. The Kier molecular flexibility index (Phi) is 6.67. The molecule has 0 aliphatic carbocycles. The number of nitrogens with two attached hydrogens (primary N) is 1. The zero-order valence-electron chi connectivity index (χ0n) is 13.0. The summed E-state index contributed by atoms with van der Waals surface area (Å²) in [5, 5.41) is 3.46. The van der Waals surface area contributed by atoms with Gasteiger partial charge in [-0.25, -0.2) is 0 Å². The standard InChI is InChI=1S/C16H22ClN3O3/c17-13-3-5-14(6-4-13)23-9-7-19-15(21)11-20-8-1-2-12(10-20)16(18)22/h3-6,12H,1-2,7-11H2,(H2,18,22)(H,19,21)/t12-/m0/s1. The third-order valence-electron chi connectivity index (χ3n) is 3.78. The number of benzene rings is 1. The molecule has 2 amide bonds. The number of ether oxygens (including phenoxy) is 1. The molecule has 23 heavy (non-hydrogen) atoms. The fourth-order valence-electron chi connectivity index (χ4n) is 2.58. The summed E-state index contributed by atoms with van der Waals surface area (Å²) in [6, 6.07) is 7.06. The van der Waals surface area contributed by atoms with Crippen LogP contribution < -0.4 is 15.8 Å². The largest absolute Gasteiger partial charge is 0.492 e. The van der Waals surface area contributed by atoms with Crippen LogP contribution in [0.25, 0.3) is 0 Å². The number of hydrogen-bond donors (Lipinski definition) is 2. The summed E-state index contributed by atoms with van der Waals surface area (Å²) >= 11 is 5.79. The number of piperidine rings is 1. The van der Waals surface area contributed by atoms with Gasteiger partial charge in [0.15, 0.2) is 0 Å². The number of likely N-dealkylation sites (tertiary alicyclic amines) is 1. The minimum Gasteiger partial charge on any atom is -0.492 e. The molecule has 1 atom stereocenters. The third-order valence-corrected chi connectivity index (χ3v) is 4.03. The molecule has 1 heterocycles. The van der Waals surface area contributed by atoms with Gasteiger partial charge < -0.3 is 15.8 Å². The Morgan fingerprint density at radius 3 is 2.78 bits per heavy atom. The smallest absolute Gasteiger partial charge is 0.234 e. The number of nitrogens with zero attached hydrogens (tertiary/aromatic N) is 1. The van der Waals surface area contributed by atoms with Gasteiger partial charge >= 0.3 is 0 Å². The van der Waals surface area contributed by atoms with Crippen LogP contribution in [-0.2, 0) is 9.59 Å². The van der Waals surface area contributed by atoms with Crippen molar-refractivity contribution in [3.63, 3.8) is 0 Å². The summed E-state index contributed by atoms with van der Waals surface area (Å²) in [5.41, 5.74) is 5.33. The number of primary amides is 1. The first-order valence-corrected chi connectivity index (χ1v) is 8.09. The average Bonchev–Trinajstić information content (AvgIpc) is 2.53. The van der Waals surface area contributed by atoms with Crippen LogP contribution in [0.1, 0.15) is 12.8 Å². The van der Waals surface area contributed by atoms with Crippen LogP contribution in [0.4, 0.5) is 0 Å². The van der Waals surface area contributed by atoms with Gasteiger partial charge in [0, 0.05) is 11.6 Å². The maximum Gasteiger partial charge on any atom is 0.234 e. The fraction of sp³-hybridized carbons (Fsp3) is 0.500. The highest BCUT2D eigenvalue weighted by Gasteiger charge is 2.24. The van der Waals surface area contributed by atoms with Crippen molar-refractivity contribution in [3.8, 4) is 5.75 Å². The quantitative estimate of drug-likeness (QED) is 0.727. The number of hydrogen-bond acceptors (Lipinski definition) is 4. The Bertz CT molecular complexity index is 536. The van der Waals surface area contributed by atoms with E-state index in [1.165, 1.54) is 0 Å². The van der Waals surface area contributed by atoms with Gasteiger partial charge in [-0.15, -0.1) is 0 Å². The van der Waals surface area contributed by atoms with Crippen molar-refractivity contribution in [3.05, 3.63) is 29.3 Å². The first kappa shape index (κ1) is 17.6. The van der Waals surface area contributed by atoms with Crippen LogP contribution >= 0.6 is 11.6 Å². The highest BCUT2D eigenvalue weighted by molar-refractivity contribution is 6.30. The van der Waals surface area contributed by atoms with Gasteiger partial charge in [-0.05, 0) is 43.7 Å².